The molecular formula is C22H18BrNO8S. The molecule has 1 aliphatic rings. The molecule has 1 heterocycles. The van der Waals surface area contributed by atoms with E-state index in [1.807, 2.05) is 0 Å². The molecule has 1 aliphatic heterocycles. The summed E-state index contributed by atoms with van der Waals surface area (Å²) in [7, 11) is 0. The van der Waals surface area contributed by atoms with Gasteiger partial charge in [-0.2, -0.15) is 0 Å². The first-order chi connectivity index (χ1) is 15.7. The second-order valence-corrected chi connectivity index (χ2v) is 8.56. The number of benzene rings is 2. The summed E-state index contributed by atoms with van der Waals surface area (Å²) in [5.41, 5.74) is 1.47. The number of nitrogens with zero attached hydrogens (tertiary/aromatic N) is 1. The zero-order valence-corrected chi connectivity index (χ0v) is 19.6. The number of carbonyl (C=O) groups is 4. The van der Waals surface area contributed by atoms with E-state index in [1.54, 1.807) is 31.2 Å². The minimum Gasteiger partial charge on any atom is -0.490 e. The van der Waals surface area contributed by atoms with Crippen molar-refractivity contribution in [2.24, 2.45) is 0 Å². The molecule has 0 bridgehead atoms. The molecule has 0 spiro atoms. The SMILES string of the molecule is CCOc1cc(/C=C2/SC(=O)N(CC(=O)O)C2=O)cc(Br)c1OCc1ccc(C(=O)O)cc1. The van der Waals surface area contributed by atoms with E-state index in [9.17, 15) is 19.2 Å². The second-order valence-electron chi connectivity index (χ2n) is 6.72. The largest absolute Gasteiger partial charge is 0.490 e. The highest BCUT2D eigenvalue weighted by atomic mass is 79.9. The van der Waals surface area contributed by atoms with Crippen LogP contribution in [-0.4, -0.2) is 51.3 Å². The predicted octanol–water partition coefficient (Wildman–Crippen LogP) is 4.25. The molecule has 0 atom stereocenters. The standard InChI is InChI=1S/C22H18BrNO8S/c1-2-31-16-8-13(9-17-20(27)24(10-18(25)26)22(30)33-17)7-15(23)19(16)32-11-12-3-5-14(6-4-12)21(28)29/h3-9H,2,10-11H2,1H3,(H,25,26)(H,28,29)/b17-9+. The molecule has 1 fully saturated rings. The third-order valence-electron chi connectivity index (χ3n) is 4.38. The number of ether oxygens (including phenoxy) is 2. The molecule has 0 aromatic heterocycles. The first-order valence-electron chi connectivity index (χ1n) is 9.58. The van der Waals surface area contributed by atoms with Gasteiger partial charge >= 0.3 is 11.9 Å². The molecule has 0 unspecified atom stereocenters. The number of imide groups is 1. The topological polar surface area (TPSA) is 130 Å². The lowest BCUT2D eigenvalue weighted by Gasteiger charge is -2.15. The van der Waals surface area contributed by atoms with Gasteiger partial charge in [-0.25, -0.2) is 4.79 Å². The van der Waals surface area contributed by atoms with Crippen LogP contribution in [0.1, 0.15) is 28.4 Å². The Morgan fingerprint density at radius 3 is 2.42 bits per heavy atom. The van der Waals surface area contributed by atoms with Crippen molar-refractivity contribution >= 4 is 56.9 Å². The highest BCUT2D eigenvalue weighted by molar-refractivity contribution is 9.10. The number of rotatable bonds is 9. The van der Waals surface area contributed by atoms with E-state index in [-0.39, 0.29) is 17.1 Å². The molecule has 1 saturated heterocycles. The molecule has 2 aromatic carbocycles. The Labute approximate surface area is 201 Å². The number of carbonyl (C=O) groups excluding carboxylic acids is 2. The summed E-state index contributed by atoms with van der Waals surface area (Å²) < 4.78 is 12.1. The first-order valence-corrected chi connectivity index (χ1v) is 11.2. The van der Waals surface area contributed by atoms with Crippen LogP contribution >= 0.6 is 27.7 Å². The summed E-state index contributed by atoms with van der Waals surface area (Å²) in [4.78, 5) is 47.0. The van der Waals surface area contributed by atoms with Crippen molar-refractivity contribution in [1.82, 2.24) is 4.90 Å². The highest BCUT2D eigenvalue weighted by Gasteiger charge is 2.36. The van der Waals surface area contributed by atoms with Gasteiger partial charge in [-0.1, -0.05) is 12.1 Å². The van der Waals surface area contributed by atoms with Gasteiger partial charge in [0.15, 0.2) is 11.5 Å². The molecule has 172 valence electrons. The molecule has 33 heavy (non-hydrogen) atoms. The summed E-state index contributed by atoms with van der Waals surface area (Å²) in [6.07, 6.45) is 1.48. The van der Waals surface area contributed by atoms with Gasteiger partial charge < -0.3 is 19.7 Å². The fraction of sp³-hybridized carbons (Fsp3) is 0.182. The van der Waals surface area contributed by atoms with Crippen LogP contribution in [0.3, 0.4) is 0 Å². The maximum atomic E-state index is 12.4. The lowest BCUT2D eigenvalue weighted by atomic mass is 10.1. The monoisotopic (exact) mass is 535 g/mol. The van der Waals surface area contributed by atoms with Gasteiger partial charge in [0, 0.05) is 0 Å². The van der Waals surface area contributed by atoms with Crippen molar-refractivity contribution in [1.29, 1.82) is 0 Å². The van der Waals surface area contributed by atoms with Gasteiger partial charge in [-0.05, 0) is 76.1 Å². The Hall–Kier alpha value is -3.31. The van der Waals surface area contributed by atoms with E-state index in [1.165, 1.54) is 18.2 Å². The molecule has 3 rings (SSSR count). The van der Waals surface area contributed by atoms with E-state index >= 15 is 0 Å². The first kappa shape index (κ1) is 24.3. The normalized spacial score (nSPS) is 14.6. The van der Waals surface area contributed by atoms with Crippen LogP contribution < -0.4 is 9.47 Å². The number of amides is 2. The third kappa shape index (κ3) is 5.93. The Bertz CT molecular complexity index is 1150. The number of halogens is 1. The number of aliphatic carboxylic acids is 1. The quantitative estimate of drug-likeness (QED) is 0.452. The smallest absolute Gasteiger partial charge is 0.335 e. The van der Waals surface area contributed by atoms with Gasteiger partial charge in [0.05, 0.1) is 21.5 Å². The number of hydrogen-bond donors (Lipinski definition) is 2. The van der Waals surface area contributed by atoms with Crippen LogP contribution in [0.15, 0.2) is 45.8 Å². The van der Waals surface area contributed by atoms with Gasteiger partial charge in [-0.15, -0.1) is 0 Å². The van der Waals surface area contributed by atoms with Crippen LogP contribution in [0.4, 0.5) is 4.79 Å². The van der Waals surface area contributed by atoms with Crippen LogP contribution in [0.5, 0.6) is 11.5 Å². The number of carboxylic acids is 2. The van der Waals surface area contributed by atoms with Gasteiger partial charge in [0.2, 0.25) is 0 Å². The number of carboxylic acid groups (broad SMARTS) is 2. The van der Waals surface area contributed by atoms with Gasteiger partial charge in [-0.3, -0.25) is 19.3 Å². The maximum absolute atomic E-state index is 12.4. The third-order valence-corrected chi connectivity index (χ3v) is 5.88. The molecule has 0 radical (unpaired) electrons. The summed E-state index contributed by atoms with van der Waals surface area (Å²) in [5, 5.41) is 17.2. The number of aromatic carboxylic acids is 1. The van der Waals surface area contributed by atoms with Crippen molar-refractivity contribution < 1.29 is 38.9 Å². The minimum atomic E-state index is -1.28. The van der Waals surface area contributed by atoms with Crippen molar-refractivity contribution in [3.63, 3.8) is 0 Å². The van der Waals surface area contributed by atoms with E-state index in [4.69, 9.17) is 19.7 Å². The van der Waals surface area contributed by atoms with E-state index in [0.717, 1.165) is 5.56 Å². The Balaban J connectivity index is 1.83. The van der Waals surface area contributed by atoms with Crippen LogP contribution in [0.2, 0.25) is 0 Å². The molecule has 2 aromatic rings. The molecule has 2 N–H and O–H groups in total. The Kier molecular flexibility index (Phi) is 7.77. The van der Waals surface area contributed by atoms with E-state index in [2.05, 4.69) is 15.9 Å². The van der Waals surface area contributed by atoms with Crippen molar-refractivity contribution in [2.45, 2.75) is 13.5 Å². The lowest BCUT2D eigenvalue weighted by molar-refractivity contribution is -0.140. The van der Waals surface area contributed by atoms with E-state index in [0.29, 0.717) is 44.8 Å². The van der Waals surface area contributed by atoms with Gasteiger partial charge in [0.1, 0.15) is 13.2 Å². The number of thioether (sulfide) groups is 1. The summed E-state index contributed by atoms with van der Waals surface area (Å²) in [6, 6.07) is 9.59. The molecule has 0 saturated carbocycles. The Morgan fingerprint density at radius 1 is 1.12 bits per heavy atom. The molecule has 9 nitrogen and oxygen atoms in total. The summed E-state index contributed by atoms with van der Waals surface area (Å²) in [5.74, 6) is -2.16. The van der Waals surface area contributed by atoms with Crippen molar-refractivity contribution in [3.05, 3.63) is 62.5 Å². The molecule has 2 amide bonds. The van der Waals surface area contributed by atoms with Crippen molar-refractivity contribution in [3.8, 4) is 11.5 Å². The predicted molar refractivity (Wildman–Crippen MR) is 123 cm³/mol. The lowest BCUT2D eigenvalue weighted by Crippen LogP contribution is -2.33. The van der Waals surface area contributed by atoms with Crippen LogP contribution in [-0.2, 0) is 16.2 Å². The fourth-order valence-electron chi connectivity index (χ4n) is 2.90. The average molecular weight is 536 g/mol. The fourth-order valence-corrected chi connectivity index (χ4v) is 4.31. The van der Waals surface area contributed by atoms with Crippen LogP contribution in [0, 0.1) is 0 Å². The Morgan fingerprint density at radius 2 is 1.82 bits per heavy atom. The van der Waals surface area contributed by atoms with Crippen LogP contribution in [0.25, 0.3) is 6.08 Å². The van der Waals surface area contributed by atoms with E-state index < -0.39 is 29.6 Å². The summed E-state index contributed by atoms with van der Waals surface area (Å²) >= 11 is 4.10. The zero-order valence-electron chi connectivity index (χ0n) is 17.2. The molecule has 0 aliphatic carbocycles. The van der Waals surface area contributed by atoms with Crippen molar-refractivity contribution in [2.75, 3.05) is 13.2 Å². The second kappa shape index (κ2) is 10.5. The number of hydrogen-bond acceptors (Lipinski definition) is 7. The van der Waals surface area contributed by atoms with Gasteiger partial charge in [0.25, 0.3) is 11.1 Å². The minimum absolute atomic E-state index is 0.0998. The highest BCUT2D eigenvalue weighted by Crippen LogP contribution is 2.39. The molecular weight excluding hydrogens is 518 g/mol. The maximum Gasteiger partial charge on any atom is 0.335 e. The molecule has 11 heteroatoms. The average Bonchev–Trinajstić information content (AvgIpc) is 3.00. The summed E-state index contributed by atoms with van der Waals surface area (Å²) in [6.45, 7) is 1.60. The zero-order chi connectivity index (χ0) is 24.1.